The minimum absolute atomic E-state index is 0.0213. The number of ether oxygens (including phenoxy) is 1. The van der Waals surface area contributed by atoms with Crippen LogP contribution in [-0.4, -0.2) is 67.2 Å². The number of rotatable bonds is 5. The molecule has 6 nitrogen and oxygen atoms in total. The van der Waals surface area contributed by atoms with E-state index in [4.69, 9.17) is 4.74 Å². The van der Waals surface area contributed by atoms with Crippen LogP contribution in [0.1, 0.15) is 42.7 Å². The molecule has 0 saturated carbocycles. The Labute approximate surface area is 172 Å². The molecule has 0 unspecified atom stereocenters. The summed E-state index contributed by atoms with van der Waals surface area (Å²) < 4.78 is 5.83. The highest BCUT2D eigenvalue weighted by atomic mass is 32.1. The van der Waals surface area contributed by atoms with Crippen LogP contribution in [0.3, 0.4) is 0 Å². The number of piperidine rings is 1. The molecule has 154 valence electrons. The van der Waals surface area contributed by atoms with E-state index in [2.05, 4.69) is 35.0 Å². The number of thiophene rings is 1. The molecule has 3 heterocycles. The van der Waals surface area contributed by atoms with Gasteiger partial charge in [0.2, 0.25) is 5.91 Å². The van der Waals surface area contributed by atoms with E-state index in [1.165, 1.54) is 11.3 Å². The summed E-state index contributed by atoms with van der Waals surface area (Å²) in [4.78, 5) is 18.3. The Morgan fingerprint density at radius 3 is 2.46 bits per heavy atom. The normalized spacial score (nSPS) is 24.8. The van der Waals surface area contributed by atoms with Gasteiger partial charge in [0, 0.05) is 24.5 Å². The van der Waals surface area contributed by atoms with Gasteiger partial charge in [0.1, 0.15) is 11.1 Å². The first-order valence-electron chi connectivity index (χ1n) is 10.3. The highest BCUT2D eigenvalue weighted by molar-refractivity contribution is 7.16. The van der Waals surface area contributed by atoms with Crippen LogP contribution in [0.4, 0.5) is 5.00 Å². The van der Waals surface area contributed by atoms with Gasteiger partial charge in [-0.3, -0.25) is 14.6 Å². The molecule has 3 rings (SSSR count). The van der Waals surface area contributed by atoms with Gasteiger partial charge in [-0.25, -0.2) is 0 Å². The average Bonchev–Trinajstić information content (AvgIpc) is 2.88. The van der Waals surface area contributed by atoms with E-state index in [9.17, 15) is 10.1 Å². The van der Waals surface area contributed by atoms with Gasteiger partial charge in [-0.05, 0) is 65.1 Å². The first kappa shape index (κ1) is 21.3. The van der Waals surface area contributed by atoms with Gasteiger partial charge in [-0.15, -0.1) is 11.3 Å². The predicted octanol–water partition coefficient (Wildman–Crippen LogP) is 3.00. The zero-order valence-electron chi connectivity index (χ0n) is 17.5. The molecule has 2 saturated heterocycles. The minimum atomic E-state index is -0.0213. The number of carbonyl (C=O) groups excluding carboxylic acids is 1. The summed E-state index contributed by atoms with van der Waals surface area (Å²) in [6, 6.07) is 2.21. The van der Waals surface area contributed by atoms with Crippen LogP contribution in [0.15, 0.2) is 0 Å². The standard InChI is InChI=1S/C21H32N4O2S/c1-14-10-25(11-15(2)27-14)12-18-5-7-24(8-6-18)13-20(26)23-21-19(9-22)16(3)17(4)28-21/h14-15,18H,5-8,10-13H2,1-4H3,(H,23,26)/t14-,15-/m0/s1. The lowest BCUT2D eigenvalue weighted by molar-refractivity contribution is -0.117. The first-order chi connectivity index (χ1) is 13.4. The van der Waals surface area contributed by atoms with Crippen molar-refractivity contribution in [1.82, 2.24) is 9.80 Å². The molecule has 2 atom stereocenters. The zero-order valence-corrected chi connectivity index (χ0v) is 18.3. The van der Waals surface area contributed by atoms with E-state index < -0.39 is 0 Å². The lowest BCUT2D eigenvalue weighted by atomic mass is 9.95. The summed E-state index contributed by atoms with van der Waals surface area (Å²) in [7, 11) is 0. The van der Waals surface area contributed by atoms with Crippen LogP contribution >= 0.6 is 11.3 Å². The van der Waals surface area contributed by atoms with Crippen molar-refractivity contribution in [2.24, 2.45) is 5.92 Å². The largest absolute Gasteiger partial charge is 0.373 e. The highest BCUT2D eigenvalue weighted by Crippen LogP contribution is 2.31. The first-order valence-corrected chi connectivity index (χ1v) is 11.1. The fourth-order valence-electron chi connectivity index (χ4n) is 4.34. The number of likely N-dealkylation sites (tertiary alicyclic amines) is 1. The van der Waals surface area contributed by atoms with Gasteiger partial charge in [0.05, 0.1) is 24.3 Å². The van der Waals surface area contributed by atoms with E-state index in [0.29, 0.717) is 35.2 Å². The summed E-state index contributed by atoms with van der Waals surface area (Å²) >= 11 is 1.49. The number of carbonyl (C=O) groups is 1. The van der Waals surface area contributed by atoms with E-state index in [0.717, 1.165) is 56.0 Å². The number of amides is 1. The predicted molar refractivity (Wildman–Crippen MR) is 113 cm³/mol. The van der Waals surface area contributed by atoms with Gasteiger partial charge in [-0.1, -0.05) is 0 Å². The fraction of sp³-hybridized carbons (Fsp3) is 0.714. The second kappa shape index (κ2) is 9.36. The smallest absolute Gasteiger partial charge is 0.239 e. The maximum Gasteiger partial charge on any atom is 0.239 e. The second-order valence-electron chi connectivity index (χ2n) is 8.34. The molecule has 2 fully saturated rings. The number of aryl methyl sites for hydroxylation is 1. The monoisotopic (exact) mass is 404 g/mol. The van der Waals surface area contributed by atoms with Gasteiger partial charge in [0.25, 0.3) is 0 Å². The number of nitrogens with one attached hydrogen (secondary N) is 1. The van der Waals surface area contributed by atoms with Crippen LogP contribution in [0, 0.1) is 31.1 Å². The summed E-state index contributed by atoms with van der Waals surface area (Å²) in [6.45, 7) is 13.7. The zero-order chi connectivity index (χ0) is 20.3. The lowest BCUT2D eigenvalue weighted by Crippen LogP contribution is -2.48. The van der Waals surface area contributed by atoms with Gasteiger partial charge < -0.3 is 10.1 Å². The molecule has 0 spiro atoms. The quantitative estimate of drug-likeness (QED) is 0.817. The minimum Gasteiger partial charge on any atom is -0.373 e. The highest BCUT2D eigenvalue weighted by Gasteiger charge is 2.27. The molecule has 1 N–H and O–H groups in total. The Kier molecular flexibility index (Phi) is 7.10. The van der Waals surface area contributed by atoms with Crippen LogP contribution in [0.2, 0.25) is 0 Å². The molecule has 1 aromatic rings. The molecule has 0 aliphatic carbocycles. The molecule has 28 heavy (non-hydrogen) atoms. The van der Waals surface area contributed by atoms with Crippen molar-refractivity contribution >= 4 is 22.2 Å². The topological polar surface area (TPSA) is 68.6 Å². The molecule has 7 heteroatoms. The van der Waals surface area contributed by atoms with E-state index in [1.807, 2.05) is 13.8 Å². The van der Waals surface area contributed by atoms with Crippen molar-refractivity contribution in [3.63, 3.8) is 0 Å². The average molecular weight is 405 g/mol. The van der Waals surface area contributed by atoms with Crippen molar-refractivity contribution < 1.29 is 9.53 Å². The Balaban J connectivity index is 1.43. The number of morpholine rings is 1. The van der Waals surface area contributed by atoms with Gasteiger partial charge in [0.15, 0.2) is 0 Å². The number of nitriles is 1. The van der Waals surface area contributed by atoms with Gasteiger partial charge >= 0.3 is 0 Å². The molecule has 0 bridgehead atoms. The summed E-state index contributed by atoms with van der Waals surface area (Å²) in [5.74, 6) is 0.677. The fourth-order valence-corrected chi connectivity index (χ4v) is 5.37. The Morgan fingerprint density at radius 2 is 1.86 bits per heavy atom. The lowest BCUT2D eigenvalue weighted by Gasteiger charge is -2.39. The third kappa shape index (κ3) is 5.32. The Bertz CT molecular complexity index is 723. The number of anilines is 1. The van der Waals surface area contributed by atoms with Crippen molar-refractivity contribution in [2.45, 2.75) is 52.7 Å². The Morgan fingerprint density at radius 1 is 1.21 bits per heavy atom. The summed E-state index contributed by atoms with van der Waals surface area (Å²) in [5.41, 5.74) is 1.57. The third-order valence-electron chi connectivity index (χ3n) is 5.84. The van der Waals surface area contributed by atoms with E-state index in [1.54, 1.807) is 0 Å². The van der Waals surface area contributed by atoms with E-state index >= 15 is 0 Å². The molecule has 1 aromatic heterocycles. The van der Waals surface area contributed by atoms with Gasteiger partial charge in [-0.2, -0.15) is 5.26 Å². The molecule has 1 amide bonds. The number of hydrogen-bond donors (Lipinski definition) is 1. The third-order valence-corrected chi connectivity index (χ3v) is 6.96. The molecular formula is C21H32N4O2S. The summed E-state index contributed by atoms with van der Waals surface area (Å²) in [5, 5.41) is 13.0. The van der Waals surface area contributed by atoms with Crippen molar-refractivity contribution in [2.75, 3.05) is 44.6 Å². The van der Waals surface area contributed by atoms with Crippen molar-refractivity contribution in [3.8, 4) is 6.07 Å². The summed E-state index contributed by atoms with van der Waals surface area (Å²) in [6.07, 6.45) is 2.90. The SMILES string of the molecule is Cc1sc(NC(=O)CN2CCC(CN3C[C@H](C)O[C@@H](C)C3)CC2)c(C#N)c1C. The van der Waals surface area contributed by atoms with Crippen LogP contribution < -0.4 is 5.32 Å². The number of hydrogen-bond acceptors (Lipinski definition) is 6. The molecule has 0 aromatic carbocycles. The van der Waals surface area contributed by atoms with Crippen LogP contribution in [0.5, 0.6) is 0 Å². The Hall–Kier alpha value is -1.46. The van der Waals surface area contributed by atoms with Crippen LogP contribution in [-0.2, 0) is 9.53 Å². The molecule has 2 aliphatic rings. The maximum absolute atomic E-state index is 12.5. The number of nitrogens with zero attached hydrogens (tertiary/aromatic N) is 3. The maximum atomic E-state index is 12.5. The van der Waals surface area contributed by atoms with Crippen molar-refractivity contribution in [3.05, 3.63) is 16.0 Å². The van der Waals surface area contributed by atoms with E-state index in [-0.39, 0.29) is 5.91 Å². The van der Waals surface area contributed by atoms with Crippen LogP contribution in [0.25, 0.3) is 0 Å². The van der Waals surface area contributed by atoms with Crippen molar-refractivity contribution in [1.29, 1.82) is 5.26 Å². The second-order valence-corrected chi connectivity index (χ2v) is 9.57. The molecular weight excluding hydrogens is 372 g/mol. The molecule has 0 radical (unpaired) electrons. The molecule has 2 aliphatic heterocycles.